The molecule has 0 unspecified atom stereocenters. The molecule has 0 saturated heterocycles. The molecule has 0 bridgehead atoms. The van der Waals surface area contributed by atoms with Crippen molar-refractivity contribution in [2.75, 3.05) is 30.4 Å². The van der Waals surface area contributed by atoms with Crippen LogP contribution < -0.4 is 29.6 Å². The predicted octanol–water partition coefficient (Wildman–Crippen LogP) is 10.6. The average Bonchev–Trinajstić information content (AvgIpc) is 3.12. The fraction of sp³-hybridized carbons (Fsp3) is 0.205. The maximum Gasteiger partial charge on any atom is 0.573 e. The van der Waals surface area contributed by atoms with E-state index in [9.17, 15) is 58.2 Å². The number of aliphatic hydroxyl groups is 1. The molecule has 322 valence electrons. The minimum absolute atomic E-state index is 0. The number of alkyl halides is 9. The molecule has 2 atom stereocenters. The third-order valence-electron chi connectivity index (χ3n) is 8.20. The third kappa shape index (κ3) is 14.7. The Balaban J connectivity index is 0.000000345. The Hall–Kier alpha value is -3.66. The van der Waals surface area contributed by atoms with Gasteiger partial charge in [0.25, 0.3) is 0 Å². The monoisotopic (exact) mass is 1380 g/mol. The number of nitrogens with zero attached hydrogens (tertiary/aromatic N) is 1. The van der Waals surface area contributed by atoms with Gasteiger partial charge in [0.1, 0.15) is 29.7 Å². The number of para-hydroxylation sites is 2. The van der Waals surface area contributed by atoms with Crippen LogP contribution in [0, 0.1) is 73.9 Å². The smallest absolute Gasteiger partial charge is 0.488 e. The van der Waals surface area contributed by atoms with E-state index in [1.54, 1.807) is 18.2 Å². The van der Waals surface area contributed by atoms with Crippen LogP contribution in [-0.4, -0.2) is 55.7 Å². The first kappa shape index (κ1) is 51.7. The van der Waals surface area contributed by atoms with Crippen LogP contribution in [0.4, 0.5) is 59.7 Å². The number of Topliss-reactive ketones (excluding diaryl/α,β-unsaturated/α-hetero) is 1. The number of benzene rings is 5. The number of hydrogen-bond donors (Lipinski definition) is 2. The van der Waals surface area contributed by atoms with Crippen LogP contribution in [0.1, 0.15) is 22.0 Å². The van der Waals surface area contributed by atoms with Crippen LogP contribution >= 0.6 is 15.9 Å². The summed E-state index contributed by atoms with van der Waals surface area (Å²) in [5.41, 5.74) is 6.49. The topological polar surface area (TPSA) is 103 Å². The molecule has 0 aromatic heterocycles. The SMILES string of the molecule is Nc1cccc(Br)c1OCC(=O)c1cccc(OC(F)(F)F)c1.O[C@H](CN1c2cccc(-c3cc(F)cc(F)c3)c2OC[C@@H]1c1cccc(OC(F)(F)F)c1)C(F)(F)F.[U].[U]. The fourth-order valence-corrected chi connectivity index (χ4v) is 6.23. The molecule has 1 heterocycles. The van der Waals surface area contributed by atoms with Gasteiger partial charge in [-0.3, -0.25) is 4.79 Å². The first-order valence-corrected chi connectivity index (χ1v) is 17.5. The van der Waals surface area contributed by atoms with Crippen LogP contribution in [0.3, 0.4) is 0 Å². The van der Waals surface area contributed by atoms with E-state index in [1.807, 2.05) is 0 Å². The molecule has 0 radical (unpaired) electrons. The van der Waals surface area contributed by atoms with Gasteiger partial charge in [0, 0.05) is 79.4 Å². The molecule has 3 N–H and O–H groups in total. The zero-order valence-corrected chi connectivity index (χ0v) is 40.6. The molecule has 0 amide bonds. The Morgan fingerprint density at radius 3 is 1.97 bits per heavy atom. The minimum Gasteiger partial charge on any atom is -0.488 e. The standard InChI is InChI=1S/C24H17F8NO3.C15H11BrF3NO3.2U/c25-15-7-14(8-16(26)10-15)18-5-2-6-19-22(18)35-12-20(33(19)11-21(34)23(27,28)29)13-3-1-4-17(9-13)36-24(30,31)32;16-11-5-2-6-12(20)14(11)22-8-13(21)9-3-1-4-10(7-9)23-15(17,18)19;;/h1-10,20-21,34H,11-12H2;1-7H,8,20H2;;/t20-,21-;;;/m1.../s1. The molecule has 1 aliphatic rings. The molecule has 0 fully saturated rings. The molecule has 0 saturated carbocycles. The average molecular weight is 1390 g/mol. The number of carbonyl (C=O) groups excluding carboxylic acids is 1. The number of halogens is 12. The summed E-state index contributed by atoms with van der Waals surface area (Å²) in [4.78, 5) is 13.2. The number of aliphatic hydroxyl groups excluding tert-OH is 1. The normalized spacial score (nSPS) is 14.1. The number of nitrogens with two attached hydrogens (primary N) is 1. The van der Waals surface area contributed by atoms with E-state index in [2.05, 4.69) is 25.4 Å². The second-order valence-electron chi connectivity index (χ2n) is 12.4. The van der Waals surface area contributed by atoms with Crippen LogP contribution in [0.5, 0.6) is 23.0 Å². The van der Waals surface area contributed by atoms with Gasteiger partial charge in [-0.15, -0.1) is 26.3 Å². The summed E-state index contributed by atoms with van der Waals surface area (Å²) in [6.45, 7) is -1.71. The molecule has 6 rings (SSSR count). The van der Waals surface area contributed by atoms with E-state index in [0.29, 0.717) is 22.0 Å². The predicted molar refractivity (Wildman–Crippen MR) is 194 cm³/mol. The van der Waals surface area contributed by atoms with E-state index >= 15 is 0 Å². The van der Waals surface area contributed by atoms with Crippen molar-refractivity contribution in [2.45, 2.75) is 31.0 Å². The van der Waals surface area contributed by atoms with Gasteiger partial charge in [-0.25, -0.2) is 8.78 Å². The van der Waals surface area contributed by atoms with Crippen molar-refractivity contribution in [3.05, 3.63) is 130 Å². The van der Waals surface area contributed by atoms with Crippen molar-refractivity contribution in [3.8, 4) is 34.1 Å². The number of hydrogen-bond acceptors (Lipinski definition) is 8. The van der Waals surface area contributed by atoms with Gasteiger partial charge in [0.2, 0.25) is 0 Å². The zero-order chi connectivity index (χ0) is 43.3. The molecule has 22 heteroatoms. The number of nitrogen functional groups attached to an aromatic ring is 1. The molecule has 0 aliphatic carbocycles. The van der Waals surface area contributed by atoms with Crippen LogP contribution in [0.2, 0.25) is 0 Å². The molecule has 0 spiro atoms. The Bertz CT molecular complexity index is 2240. The first-order valence-electron chi connectivity index (χ1n) is 16.7. The number of carbonyl (C=O) groups is 1. The summed E-state index contributed by atoms with van der Waals surface area (Å²) < 4.78 is 161. The van der Waals surface area contributed by atoms with Crippen LogP contribution in [0.25, 0.3) is 11.1 Å². The number of fused-ring (bicyclic) bond motifs is 1. The van der Waals surface area contributed by atoms with E-state index < -0.39 is 66.5 Å². The van der Waals surface area contributed by atoms with Crippen molar-refractivity contribution >= 4 is 33.1 Å². The summed E-state index contributed by atoms with van der Waals surface area (Å²) in [6, 6.07) is 20.3. The Labute approximate surface area is 395 Å². The van der Waals surface area contributed by atoms with Crippen molar-refractivity contribution in [3.63, 3.8) is 0 Å². The second kappa shape index (κ2) is 21.6. The van der Waals surface area contributed by atoms with Gasteiger partial charge < -0.3 is 34.7 Å². The van der Waals surface area contributed by atoms with Gasteiger partial charge in [0.15, 0.2) is 30.0 Å². The molecule has 8 nitrogen and oxygen atoms in total. The van der Waals surface area contributed by atoms with E-state index in [1.165, 1.54) is 42.5 Å². The molecule has 61 heavy (non-hydrogen) atoms. The third-order valence-corrected chi connectivity index (χ3v) is 8.82. The number of ketones is 1. The fourth-order valence-electron chi connectivity index (χ4n) is 5.74. The van der Waals surface area contributed by atoms with Crippen molar-refractivity contribution < 1.29 is 139 Å². The number of ether oxygens (including phenoxy) is 4. The van der Waals surface area contributed by atoms with Gasteiger partial charge in [-0.05, 0) is 81.7 Å². The zero-order valence-electron chi connectivity index (χ0n) is 30.6. The molecule has 5 aromatic rings. The van der Waals surface area contributed by atoms with Crippen LogP contribution in [0.15, 0.2) is 108 Å². The van der Waals surface area contributed by atoms with Gasteiger partial charge in [-0.2, -0.15) is 13.2 Å². The quantitative estimate of drug-likeness (QED) is 0.0810. The largest absolute Gasteiger partial charge is 0.573 e. The Kier molecular flexibility index (Phi) is 18.3. The van der Waals surface area contributed by atoms with E-state index in [-0.39, 0.29) is 109 Å². The summed E-state index contributed by atoms with van der Waals surface area (Å²) in [5, 5.41) is 9.81. The number of β-amino-alcohol motifs (C(OH)–C–C–N with tert-alkyl or cyclic N) is 1. The summed E-state index contributed by atoms with van der Waals surface area (Å²) in [5.74, 6) is -3.05. The van der Waals surface area contributed by atoms with Crippen LogP contribution in [-0.2, 0) is 0 Å². The van der Waals surface area contributed by atoms with Gasteiger partial charge in [0.05, 0.1) is 28.4 Å². The number of rotatable bonds is 10. The van der Waals surface area contributed by atoms with Gasteiger partial charge in [-0.1, -0.05) is 42.5 Å². The summed E-state index contributed by atoms with van der Waals surface area (Å²) >= 11 is 3.24. The maximum atomic E-state index is 13.8. The van der Waals surface area contributed by atoms with E-state index in [0.717, 1.165) is 41.3 Å². The molecule has 5 aromatic carbocycles. The maximum absolute atomic E-state index is 13.8. The number of anilines is 2. The Morgan fingerprint density at radius 1 is 0.803 bits per heavy atom. The summed E-state index contributed by atoms with van der Waals surface area (Å²) in [6.07, 6.45) is -17.6. The van der Waals surface area contributed by atoms with E-state index in [4.69, 9.17) is 15.2 Å². The first-order chi connectivity index (χ1) is 27.6. The molecule has 1 aliphatic heterocycles. The second-order valence-corrected chi connectivity index (χ2v) is 13.3. The molecular formula is C39H28BrF11N2O6U2. The summed E-state index contributed by atoms with van der Waals surface area (Å²) in [7, 11) is 0. The van der Waals surface area contributed by atoms with Crippen molar-refractivity contribution in [1.29, 1.82) is 0 Å². The van der Waals surface area contributed by atoms with Gasteiger partial charge >= 0.3 is 18.9 Å². The van der Waals surface area contributed by atoms with Crippen molar-refractivity contribution in [2.24, 2.45) is 0 Å². The molecular weight excluding hydrogens is 1360 g/mol. The minimum atomic E-state index is -4.99. The Morgan fingerprint density at radius 2 is 1.38 bits per heavy atom. The van der Waals surface area contributed by atoms with Crippen molar-refractivity contribution in [1.82, 2.24) is 0 Å².